The molecule has 16 nitrogen and oxygen atoms in total. The van der Waals surface area contributed by atoms with Crippen LogP contribution in [0.2, 0.25) is 0 Å². The Morgan fingerprint density at radius 3 is 1.40 bits per heavy atom. The Hall–Kier alpha value is -1.31. The Bertz CT molecular complexity index is 1520. The predicted molar refractivity (Wildman–Crippen MR) is 273 cm³/mol. The number of carbonyl (C=O) groups excluding carboxylic acids is 6. The van der Waals surface area contributed by atoms with Gasteiger partial charge in [-0.3, -0.25) is 33.8 Å². The van der Waals surface area contributed by atoms with E-state index in [4.69, 9.17) is 22.8 Å². The zero-order valence-electron chi connectivity index (χ0n) is 41.1. The van der Waals surface area contributed by atoms with E-state index in [9.17, 15) is 28.8 Å². The molecule has 374 valence electrons. The number of likely N-dealkylation sites (tertiary alicyclic amines) is 1. The van der Waals surface area contributed by atoms with E-state index in [-0.39, 0.29) is 84.6 Å². The van der Waals surface area contributed by atoms with Crippen molar-refractivity contribution < 1.29 is 51.6 Å². The van der Waals surface area contributed by atoms with E-state index in [0.717, 1.165) is 0 Å². The minimum atomic E-state index is -1.52. The first kappa shape index (κ1) is 61.7. The lowest BCUT2D eigenvalue weighted by Crippen LogP contribution is -2.45. The van der Waals surface area contributed by atoms with E-state index in [1.165, 1.54) is 53.4 Å². The number of hydrogen-bond donors (Lipinski definition) is 3. The monoisotopic (exact) mass is 1030 g/mol. The van der Waals surface area contributed by atoms with Crippen molar-refractivity contribution in [2.75, 3.05) is 95.6 Å². The smallest absolute Gasteiger partial charge is 0.223 e. The molecule has 22 heteroatoms. The summed E-state index contributed by atoms with van der Waals surface area (Å²) < 4.78 is 31.0. The van der Waals surface area contributed by atoms with Gasteiger partial charge in [0.05, 0.1) is 51.5 Å². The molecular formula is C43H77N5O11P2S4. The number of hydrogen-bond acceptors (Lipinski definition) is 18. The molecule has 0 aliphatic carbocycles. The summed E-state index contributed by atoms with van der Waals surface area (Å²) in [6.07, 6.45) is 2.41. The number of nitrogens with zero attached hydrogens (tertiary/aromatic N) is 2. The minimum Gasteiger partial charge on any atom is -0.383 e. The van der Waals surface area contributed by atoms with Crippen molar-refractivity contribution in [2.45, 2.75) is 102 Å². The zero-order chi connectivity index (χ0) is 49.4. The Morgan fingerprint density at radius 2 is 1.05 bits per heavy atom. The van der Waals surface area contributed by atoms with Gasteiger partial charge in [0, 0.05) is 90.6 Å². The van der Waals surface area contributed by atoms with Gasteiger partial charge in [-0.15, -0.1) is 0 Å². The standard InChI is InChI=1S/C43H77N5O11P2S4/c1-40(2,3)36(51)62-23-17-56-60(57-18-24-63-37(52)41(4,5)6)21-15-34(50)48-27-31(47-35(46-30-44-13)32(29-49)45-14)33(28-48)55-16-22-61(58-19-25-64-38(53)42(7,8)9)59-20-26-65-39(54)43(10,11)12/h29-31,33,45,47H,15-28H2,1-14H3,(H,44,46)/b35-32-. The number of carbonyl (C=O) groups is 6. The van der Waals surface area contributed by atoms with Crippen molar-refractivity contribution >= 4 is 103 Å². The van der Waals surface area contributed by atoms with Crippen LogP contribution in [-0.2, 0) is 51.6 Å². The van der Waals surface area contributed by atoms with Crippen molar-refractivity contribution in [2.24, 2.45) is 26.7 Å². The summed E-state index contributed by atoms with van der Waals surface area (Å²) in [6.45, 7) is 24.3. The number of likely N-dealkylation sites (N-methyl/N-ethyl adjacent to an activating group) is 1. The van der Waals surface area contributed by atoms with Crippen LogP contribution in [-0.4, -0.2) is 152 Å². The Kier molecular flexibility index (Phi) is 29.5. The fourth-order valence-corrected chi connectivity index (χ4v) is 11.1. The molecule has 1 saturated heterocycles. The Morgan fingerprint density at radius 1 is 0.646 bits per heavy atom. The van der Waals surface area contributed by atoms with Crippen molar-refractivity contribution in [3.8, 4) is 0 Å². The van der Waals surface area contributed by atoms with Gasteiger partial charge in [-0.25, -0.2) is 0 Å². The van der Waals surface area contributed by atoms with Crippen LogP contribution in [0.15, 0.2) is 16.5 Å². The lowest BCUT2D eigenvalue weighted by molar-refractivity contribution is -0.130. The summed E-state index contributed by atoms with van der Waals surface area (Å²) in [5, 5.41) is 9.50. The first-order valence-electron chi connectivity index (χ1n) is 21.7. The third-order valence-corrected chi connectivity index (χ3v) is 16.7. The van der Waals surface area contributed by atoms with Crippen molar-refractivity contribution in [3.63, 3.8) is 0 Å². The highest BCUT2D eigenvalue weighted by atomic mass is 32.2. The number of aliphatic imine (C=N–C) groups is 1. The van der Waals surface area contributed by atoms with Crippen LogP contribution in [0.4, 0.5) is 0 Å². The Balaban J connectivity index is 3.19. The second-order valence-electron chi connectivity index (χ2n) is 18.9. The van der Waals surface area contributed by atoms with Gasteiger partial charge < -0.3 is 43.7 Å². The van der Waals surface area contributed by atoms with Crippen molar-refractivity contribution in [3.05, 3.63) is 11.5 Å². The molecule has 0 radical (unpaired) electrons. The predicted octanol–water partition coefficient (Wildman–Crippen LogP) is 7.31. The first-order valence-corrected chi connectivity index (χ1v) is 28.4. The number of thioether (sulfide) groups is 4. The van der Waals surface area contributed by atoms with E-state index in [1.807, 2.05) is 83.1 Å². The number of ether oxygens (including phenoxy) is 1. The van der Waals surface area contributed by atoms with Gasteiger partial charge in [0.2, 0.25) is 5.91 Å². The average molecular weight is 1030 g/mol. The largest absolute Gasteiger partial charge is 0.383 e. The summed E-state index contributed by atoms with van der Waals surface area (Å²) in [4.78, 5) is 81.6. The molecule has 2 unspecified atom stereocenters. The maximum Gasteiger partial charge on any atom is 0.223 e. The van der Waals surface area contributed by atoms with Crippen LogP contribution >= 0.6 is 63.8 Å². The van der Waals surface area contributed by atoms with Crippen LogP contribution in [0.25, 0.3) is 0 Å². The minimum absolute atomic E-state index is 0.0567. The molecule has 0 aromatic heterocycles. The summed E-state index contributed by atoms with van der Waals surface area (Å²) in [7, 11) is 0.233. The van der Waals surface area contributed by atoms with Crippen molar-refractivity contribution in [1.82, 2.24) is 20.9 Å². The van der Waals surface area contributed by atoms with E-state index >= 15 is 0 Å². The molecule has 2 atom stereocenters. The number of aldehydes is 1. The van der Waals surface area contributed by atoms with E-state index in [0.29, 0.717) is 47.4 Å². The normalized spacial score (nSPS) is 16.6. The molecule has 0 bridgehead atoms. The van der Waals surface area contributed by atoms with Crippen molar-refractivity contribution in [1.29, 1.82) is 0 Å². The van der Waals surface area contributed by atoms with Gasteiger partial charge in [0.1, 0.15) is 11.5 Å². The van der Waals surface area contributed by atoms with Gasteiger partial charge in [-0.1, -0.05) is 130 Å². The quantitative estimate of drug-likeness (QED) is 0.0168. The number of amides is 1. The summed E-state index contributed by atoms with van der Waals surface area (Å²) >= 11 is 4.84. The topological polar surface area (TPSA) is 200 Å². The lowest BCUT2D eigenvalue weighted by Gasteiger charge is -2.24. The Labute approximate surface area is 408 Å². The van der Waals surface area contributed by atoms with Gasteiger partial charge in [0.25, 0.3) is 0 Å². The molecule has 0 aromatic carbocycles. The van der Waals surface area contributed by atoms with Gasteiger partial charge in [-0.2, -0.15) is 0 Å². The van der Waals surface area contributed by atoms with E-state index in [2.05, 4.69) is 20.9 Å². The SMILES string of the molecule is CN=CN/C(NC1CN(C(=O)CCP(OCCSC(=O)C(C)(C)C)OCCSC(=O)C(C)(C)C)CC1OCCP(OCCSC(=O)C(C)(C)C)OCCSC(=O)C(C)(C)C)=C(\C=O)NC. The lowest BCUT2D eigenvalue weighted by atomic mass is 9.99. The number of allylic oxidation sites excluding steroid dienone is 1. The van der Waals surface area contributed by atoms with E-state index in [1.54, 1.807) is 19.0 Å². The third kappa shape index (κ3) is 26.3. The molecule has 0 saturated carbocycles. The molecule has 1 heterocycles. The van der Waals surface area contributed by atoms with Crippen LogP contribution < -0.4 is 16.0 Å². The molecule has 0 aromatic rings. The molecule has 1 amide bonds. The first-order chi connectivity index (χ1) is 30.2. The van der Waals surface area contributed by atoms with Crippen LogP contribution in [0.3, 0.4) is 0 Å². The molecule has 1 aliphatic rings. The zero-order valence-corrected chi connectivity index (χ0v) is 46.2. The summed E-state index contributed by atoms with van der Waals surface area (Å²) in [6, 6.07) is -0.452. The maximum absolute atomic E-state index is 13.9. The average Bonchev–Trinajstić information content (AvgIpc) is 3.62. The van der Waals surface area contributed by atoms with Gasteiger partial charge in [0.15, 0.2) is 43.5 Å². The van der Waals surface area contributed by atoms with E-state index < -0.39 is 50.6 Å². The molecule has 1 rings (SSSR count). The molecule has 65 heavy (non-hydrogen) atoms. The summed E-state index contributed by atoms with van der Waals surface area (Å²) in [5.41, 5.74) is -1.67. The molecule has 0 spiro atoms. The third-order valence-electron chi connectivity index (χ3n) is 8.71. The molecular weight excluding hydrogens is 953 g/mol. The maximum atomic E-state index is 13.9. The fourth-order valence-electron chi connectivity index (χ4n) is 4.96. The molecule has 3 N–H and O–H groups in total. The van der Waals surface area contributed by atoms with Crippen LogP contribution in [0.5, 0.6) is 0 Å². The molecule has 1 aliphatic heterocycles. The highest BCUT2D eigenvalue weighted by Gasteiger charge is 2.37. The molecule has 1 fully saturated rings. The number of nitrogens with one attached hydrogen (secondary N) is 3. The highest BCUT2D eigenvalue weighted by Crippen LogP contribution is 2.41. The van der Waals surface area contributed by atoms with Crippen LogP contribution in [0.1, 0.15) is 89.5 Å². The van der Waals surface area contributed by atoms with Gasteiger partial charge in [-0.05, 0) is 0 Å². The fraction of sp³-hybridized carbons (Fsp3) is 0.791. The second kappa shape index (κ2) is 31.0. The second-order valence-corrected chi connectivity index (χ2v) is 26.4. The number of rotatable bonds is 29. The van der Waals surface area contributed by atoms with Crippen LogP contribution in [0, 0.1) is 21.7 Å². The summed E-state index contributed by atoms with van der Waals surface area (Å²) in [5.74, 6) is 2.01. The highest BCUT2D eigenvalue weighted by molar-refractivity contribution is 8.14. The van der Waals surface area contributed by atoms with Gasteiger partial charge >= 0.3 is 0 Å².